The molecular formula is C12H16N4O2S. The first-order chi connectivity index (χ1) is 9.17. The number of hydrogen-bond donors (Lipinski definition) is 1. The van der Waals surface area contributed by atoms with Gasteiger partial charge in [0.05, 0.1) is 12.8 Å². The second-order valence-electron chi connectivity index (χ2n) is 3.82. The molecule has 102 valence electrons. The van der Waals surface area contributed by atoms with Crippen LogP contribution in [0.5, 0.6) is 0 Å². The average Bonchev–Trinajstić information content (AvgIpc) is 3.04. The maximum Gasteiger partial charge on any atom is 0.350 e. The summed E-state index contributed by atoms with van der Waals surface area (Å²) in [7, 11) is 1.37. The molecule has 2 aromatic rings. The van der Waals surface area contributed by atoms with Crippen LogP contribution in [0.2, 0.25) is 0 Å². The monoisotopic (exact) mass is 280 g/mol. The fourth-order valence-corrected chi connectivity index (χ4v) is 2.59. The van der Waals surface area contributed by atoms with Gasteiger partial charge in [0.25, 0.3) is 0 Å². The molecule has 2 aromatic heterocycles. The summed E-state index contributed by atoms with van der Waals surface area (Å²) in [5.41, 5.74) is 0.745. The van der Waals surface area contributed by atoms with Crippen molar-refractivity contribution < 1.29 is 9.53 Å². The third-order valence-electron chi connectivity index (χ3n) is 2.60. The van der Waals surface area contributed by atoms with E-state index >= 15 is 0 Å². The quantitative estimate of drug-likeness (QED) is 0.852. The van der Waals surface area contributed by atoms with Crippen molar-refractivity contribution in [3.05, 3.63) is 22.8 Å². The van der Waals surface area contributed by atoms with Gasteiger partial charge in [-0.25, -0.2) is 9.78 Å². The summed E-state index contributed by atoms with van der Waals surface area (Å²) in [4.78, 5) is 16.5. The van der Waals surface area contributed by atoms with Crippen LogP contribution in [0.1, 0.15) is 29.2 Å². The molecule has 2 rings (SSSR count). The fourth-order valence-electron chi connectivity index (χ4n) is 1.61. The van der Waals surface area contributed by atoms with Gasteiger partial charge in [0.1, 0.15) is 4.88 Å². The van der Waals surface area contributed by atoms with Crippen molar-refractivity contribution in [3.63, 3.8) is 0 Å². The molecule has 0 spiro atoms. The van der Waals surface area contributed by atoms with Crippen LogP contribution in [0.3, 0.4) is 0 Å². The lowest BCUT2D eigenvalue weighted by Gasteiger charge is -1.96. The molecule has 6 nitrogen and oxygen atoms in total. The molecule has 2 heterocycles. The zero-order chi connectivity index (χ0) is 13.8. The number of aryl methyl sites for hydroxylation is 2. The smallest absolute Gasteiger partial charge is 0.350 e. The Kier molecular flexibility index (Phi) is 4.16. The van der Waals surface area contributed by atoms with Crippen LogP contribution in [0, 0.1) is 0 Å². The van der Waals surface area contributed by atoms with Gasteiger partial charge in [-0.05, 0) is 13.3 Å². The number of esters is 1. The van der Waals surface area contributed by atoms with E-state index in [2.05, 4.69) is 15.4 Å². The molecule has 0 radical (unpaired) electrons. The van der Waals surface area contributed by atoms with Crippen LogP contribution in [0.15, 0.2) is 12.3 Å². The predicted molar refractivity (Wildman–Crippen MR) is 74.0 cm³/mol. The zero-order valence-electron chi connectivity index (χ0n) is 11.1. The lowest BCUT2D eigenvalue weighted by Crippen LogP contribution is -2.01. The van der Waals surface area contributed by atoms with Crippen molar-refractivity contribution in [2.45, 2.75) is 26.8 Å². The summed E-state index contributed by atoms with van der Waals surface area (Å²) in [6.45, 7) is 4.79. The molecule has 0 atom stereocenters. The van der Waals surface area contributed by atoms with E-state index in [1.54, 1.807) is 0 Å². The van der Waals surface area contributed by atoms with Gasteiger partial charge in [-0.2, -0.15) is 5.10 Å². The van der Waals surface area contributed by atoms with E-state index < -0.39 is 0 Å². The summed E-state index contributed by atoms with van der Waals surface area (Å²) in [6, 6.07) is 1.87. The SMILES string of the molecule is CCc1nc(Nc2ccn(CC)n2)sc1C(=O)OC. The predicted octanol–water partition coefficient (Wildman–Crippen LogP) is 2.45. The van der Waals surface area contributed by atoms with Crippen molar-refractivity contribution >= 4 is 28.3 Å². The number of nitrogens with one attached hydrogen (secondary N) is 1. The largest absolute Gasteiger partial charge is 0.465 e. The van der Waals surface area contributed by atoms with Gasteiger partial charge < -0.3 is 10.1 Å². The standard InChI is InChI=1S/C12H16N4O2S/c1-4-8-10(11(17)18-3)19-12(13-8)14-9-6-7-16(5-2)15-9/h6-7H,4-5H2,1-3H3,(H,13,14,15). The molecule has 1 N–H and O–H groups in total. The van der Waals surface area contributed by atoms with Gasteiger partial charge in [-0.3, -0.25) is 4.68 Å². The molecule has 0 fully saturated rings. The highest BCUT2D eigenvalue weighted by molar-refractivity contribution is 7.17. The highest BCUT2D eigenvalue weighted by Gasteiger charge is 2.17. The highest BCUT2D eigenvalue weighted by Crippen LogP contribution is 2.26. The van der Waals surface area contributed by atoms with Gasteiger partial charge >= 0.3 is 5.97 Å². The average molecular weight is 280 g/mol. The zero-order valence-corrected chi connectivity index (χ0v) is 12.0. The third kappa shape index (κ3) is 2.93. The van der Waals surface area contributed by atoms with Gasteiger partial charge in [0.15, 0.2) is 10.9 Å². The second-order valence-corrected chi connectivity index (χ2v) is 4.82. The molecular weight excluding hydrogens is 264 g/mol. The molecule has 0 saturated carbocycles. The molecule has 0 saturated heterocycles. The molecule has 0 unspecified atom stereocenters. The summed E-state index contributed by atoms with van der Waals surface area (Å²) >= 11 is 1.28. The van der Waals surface area contributed by atoms with Crippen molar-refractivity contribution in [1.29, 1.82) is 0 Å². The van der Waals surface area contributed by atoms with Crippen LogP contribution in [0.25, 0.3) is 0 Å². The van der Waals surface area contributed by atoms with Gasteiger partial charge in [-0.1, -0.05) is 18.3 Å². The van der Waals surface area contributed by atoms with E-state index in [9.17, 15) is 4.79 Å². The summed E-state index contributed by atoms with van der Waals surface area (Å²) in [5, 5.41) is 8.06. The summed E-state index contributed by atoms with van der Waals surface area (Å²) < 4.78 is 6.57. The van der Waals surface area contributed by atoms with Gasteiger partial charge in [0.2, 0.25) is 0 Å². The molecule has 0 bridgehead atoms. The Bertz CT molecular complexity index is 576. The number of thiazole rings is 1. The summed E-state index contributed by atoms with van der Waals surface area (Å²) in [5.74, 6) is 0.371. The minimum absolute atomic E-state index is 0.346. The minimum Gasteiger partial charge on any atom is -0.465 e. The highest BCUT2D eigenvalue weighted by atomic mass is 32.1. The number of rotatable bonds is 5. The lowest BCUT2D eigenvalue weighted by molar-refractivity contribution is 0.0605. The van der Waals surface area contributed by atoms with Gasteiger partial charge in [0, 0.05) is 18.8 Å². The number of ether oxygens (including phenoxy) is 1. The number of methoxy groups -OCH3 is 1. The number of hydrogen-bond acceptors (Lipinski definition) is 6. The first kappa shape index (κ1) is 13.5. The normalized spacial score (nSPS) is 10.5. The van der Waals surface area contributed by atoms with Crippen LogP contribution in [-0.2, 0) is 17.7 Å². The number of anilines is 2. The fraction of sp³-hybridized carbons (Fsp3) is 0.417. The Labute approximate surface area is 115 Å². The number of nitrogens with zero attached hydrogens (tertiary/aromatic N) is 3. The molecule has 0 aliphatic heterocycles. The first-order valence-electron chi connectivity index (χ1n) is 6.06. The lowest BCUT2D eigenvalue weighted by atomic mass is 10.3. The van der Waals surface area contributed by atoms with Crippen molar-refractivity contribution in [2.75, 3.05) is 12.4 Å². The molecule has 19 heavy (non-hydrogen) atoms. The van der Waals surface area contributed by atoms with Crippen molar-refractivity contribution in [1.82, 2.24) is 14.8 Å². The third-order valence-corrected chi connectivity index (χ3v) is 3.60. The Morgan fingerprint density at radius 1 is 1.53 bits per heavy atom. The number of carbonyl (C=O) groups is 1. The topological polar surface area (TPSA) is 69.0 Å². The Balaban J connectivity index is 2.21. The Morgan fingerprint density at radius 3 is 2.89 bits per heavy atom. The van der Waals surface area contributed by atoms with E-state index in [0.717, 1.165) is 18.1 Å². The van der Waals surface area contributed by atoms with Crippen molar-refractivity contribution in [2.24, 2.45) is 0 Å². The second kappa shape index (κ2) is 5.83. The maximum absolute atomic E-state index is 11.6. The van der Waals surface area contributed by atoms with E-state index in [1.165, 1.54) is 18.4 Å². The number of carbonyl (C=O) groups excluding carboxylic acids is 1. The molecule has 0 aromatic carbocycles. The van der Waals surface area contributed by atoms with Crippen LogP contribution < -0.4 is 5.32 Å². The van der Waals surface area contributed by atoms with Crippen LogP contribution in [0.4, 0.5) is 10.9 Å². The Hall–Kier alpha value is -1.89. The molecule has 7 heteroatoms. The molecule has 0 amide bonds. The minimum atomic E-state index is -0.346. The molecule has 0 aliphatic carbocycles. The van der Waals surface area contributed by atoms with E-state index in [-0.39, 0.29) is 5.97 Å². The van der Waals surface area contributed by atoms with E-state index in [4.69, 9.17) is 4.74 Å². The van der Waals surface area contributed by atoms with Crippen LogP contribution >= 0.6 is 11.3 Å². The first-order valence-corrected chi connectivity index (χ1v) is 6.88. The number of aromatic nitrogens is 3. The summed E-state index contributed by atoms with van der Waals surface area (Å²) in [6.07, 6.45) is 2.57. The maximum atomic E-state index is 11.6. The van der Waals surface area contributed by atoms with Gasteiger partial charge in [-0.15, -0.1) is 0 Å². The van der Waals surface area contributed by atoms with Crippen LogP contribution in [-0.4, -0.2) is 27.8 Å². The molecule has 0 aliphatic rings. The van der Waals surface area contributed by atoms with E-state index in [1.807, 2.05) is 30.8 Å². The Morgan fingerprint density at radius 2 is 2.32 bits per heavy atom. The van der Waals surface area contributed by atoms with Crippen molar-refractivity contribution in [3.8, 4) is 0 Å². The van der Waals surface area contributed by atoms with E-state index in [0.29, 0.717) is 16.4 Å².